The van der Waals surface area contributed by atoms with Crippen LogP contribution < -0.4 is 0 Å². The number of hydrogen-bond donors (Lipinski definition) is 0. The summed E-state index contributed by atoms with van der Waals surface area (Å²) < 4.78 is 10.6. The van der Waals surface area contributed by atoms with Crippen LogP contribution in [0.15, 0.2) is 40.9 Å². The first kappa shape index (κ1) is 13.9. The summed E-state index contributed by atoms with van der Waals surface area (Å²) in [7, 11) is 0. The van der Waals surface area contributed by atoms with E-state index in [4.69, 9.17) is 9.47 Å². The van der Waals surface area contributed by atoms with Crippen LogP contribution in [-0.4, -0.2) is 19.2 Å². The lowest BCUT2D eigenvalue weighted by Crippen LogP contribution is -2.04. The maximum absolute atomic E-state index is 11.2. The minimum absolute atomic E-state index is 0.365. The quantitative estimate of drug-likeness (QED) is 0.460. The van der Waals surface area contributed by atoms with E-state index in [-0.39, 0.29) is 5.97 Å². The topological polar surface area (TPSA) is 35.5 Å². The largest absolute Gasteiger partial charge is 0.462 e. The molecule has 0 aliphatic rings. The lowest BCUT2D eigenvalue weighted by molar-refractivity contribution is -0.137. The van der Waals surface area contributed by atoms with Crippen LogP contribution in [0.5, 0.6) is 0 Å². The summed E-state index contributed by atoms with van der Waals surface area (Å²) in [6.45, 7) is 3.03. The van der Waals surface area contributed by atoms with Gasteiger partial charge in [-0.1, -0.05) is 30.3 Å². The minimum Gasteiger partial charge on any atom is -0.462 e. The molecule has 0 heterocycles. The average molecular weight is 299 g/mol. The van der Waals surface area contributed by atoms with Crippen molar-refractivity contribution in [2.45, 2.75) is 13.5 Å². The van der Waals surface area contributed by atoms with Gasteiger partial charge in [0.1, 0.15) is 4.48 Å². The molecular formula is C13H15BrO3. The average Bonchev–Trinajstić information content (AvgIpc) is 2.36. The molecule has 0 fully saturated rings. The second-order valence-corrected chi connectivity index (χ2v) is 4.13. The third-order valence-electron chi connectivity index (χ3n) is 1.96. The summed E-state index contributed by atoms with van der Waals surface area (Å²) in [5.41, 5.74) is 1.10. The predicted octanol–water partition coefficient (Wildman–Crippen LogP) is 3.05. The highest BCUT2D eigenvalue weighted by Gasteiger charge is 2.05. The Morgan fingerprint density at radius 3 is 2.71 bits per heavy atom. The molecule has 0 aliphatic heterocycles. The Morgan fingerprint density at radius 1 is 1.35 bits per heavy atom. The van der Waals surface area contributed by atoms with Crippen LogP contribution in [-0.2, 0) is 20.9 Å². The van der Waals surface area contributed by atoms with E-state index in [1.807, 2.05) is 30.3 Å². The van der Waals surface area contributed by atoms with Crippen molar-refractivity contribution in [2.24, 2.45) is 0 Å². The van der Waals surface area contributed by atoms with Crippen LogP contribution in [0.25, 0.3) is 0 Å². The van der Waals surface area contributed by atoms with E-state index in [9.17, 15) is 4.79 Å². The Balaban J connectivity index is 2.28. The van der Waals surface area contributed by atoms with Crippen molar-refractivity contribution in [1.82, 2.24) is 0 Å². The van der Waals surface area contributed by atoms with Gasteiger partial charge in [-0.2, -0.15) is 0 Å². The smallest absolute Gasteiger partial charge is 0.344 e. The molecule has 17 heavy (non-hydrogen) atoms. The molecule has 0 amide bonds. The van der Waals surface area contributed by atoms with Gasteiger partial charge in [-0.3, -0.25) is 0 Å². The van der Waals surface area contributed by atoms with Crippen molar-refractivity contribution in [3.05, 3.63) is 46.5 Å². The van der Waals surface area contributed by atoms with Gasteiger partial charge >= 0.3 is 5.97 Å². The van der Waals surface area contributed by atoms with Crippen molar-refractivity contribution in [3.8, 4) is 0 Å². The van der Waals surface area contributed by atoms with Crippen LogP contribution >= 0.6 is 15.9 Å². The number of carbonyl (C=O) groups is 1. The maximum Gasteiger partial charge on any atom is 0.344 e. The number of ether oxygens (including phenoxy) is 2. The summed E-state index contributed by atoms with van der Waals surface area (Å²) in [4.78, 5) is 11.2. The van der Waals surface area contributed by atoms with Gasteiger partial charge in [0.15, 0.2) is 0 Å². The van der Waals surface area contributed by atoms with E-state index in [1.165, 1.54) is 0 Å². The normalized spacial score (nSPS) is 11.3. The monoisotopic (exact) mass is 298 g/mol. The van der Waals surface area contributed by atoms with Crippen LogP contribution in [0.1, 0.15) is 12.5 Å². The zero-order valence-corrected chi connectivity index (χ0v) is 11.3. The highest BCUT2D eigenvalue weighted by Crippen LogP contribution is 2.07. The Bertz CT molecular complexity index is 374. The predicted molar refractivity (Wildman–Crippen MR) is 69.7 cm³/mol. The van der Waals surface area contributed by atoms with Gasteiger partial charge in [-0.25, -0.2) is 4.79 Å². The Kier molecular flexibility index (Phi) is 6.58. The summed E-state index contributed by atoms with van der Waals surface area (Å²) in [5.74, 6) is -0.365. The molecule has 0 spiro atoms. The van der Waals surface area contributed by atoms with Gasteiger partial charge in [-0.05, 0) is 34.5 Å². The number of carbonyl (C=O) groups excluding carboxylic acids is 1. The maximum atomic E-state index is 11.2. The number of hydrogen-bond acceptors (Lipinski definition) is 3. The van der Waals surface area contributed by atoms with Gasteiger partial charge in [-0.15, -0.1) is 0 Å². The van der Waals surface area contributed by atoms with Gasteiger partial charge in [0.05, 0.1) is 19.8 Å². The number of benzene rings is 1. The first-order valence-electron chi connectivity index (χ1n) is 5.38. The highest BCUT2D eigenvalue weighted by molar-refractivity contribution is 9.12. The standard InChI is InChI=1S/C13H15BrO3/c1-2-17-13(15)12(14)8-9-16-10-11-6-4-3-5-7-11/h3-8H,2,9-10H2,1H3/b12-8-. The first-order valence-corrected chi connectivity index (χ1v) is 6.17. The molecular weight excluding hydrogens is 284 g/mol. The molecule has 0 bridgehead atoms. The molecule has 0 saturated carbocycles. The van der Waals surface area contributed by atoms with Crippen molar-refractivity contribution in [2.75, 3.05) is 13.2 Å². The fraction of sp³-hybridized carbons (Fsp3) is 0.308. The molecule has 0 radical (unpaired) electrons. The van der Waals surface area contributed by atoms with Crippen LogP contribution in [0.4, 0.5) is 0 Å². The molecule has 0 atom stereocenters. The molecule has 4 heteroatoms. The second-order valence-electron chi connectivity index (χ2n) is 3.27. The van der Waals surface area contributed by atoms with Gasteiger partial charge in [0.2, 0.25) is 0 Å². The fourth-order valence-electron chi connectivity index (χ4n) is 1.17. The van der Waals surface area contributed by atoms with Crippen molar-refractivity contribution in [1.29, 1.82) is 0 Å². The molecule has 0 aromatic heterocycles. The van der Waals surface area contributed by atoms with Crippen LogP contribution in [0, 0.1) is 0 Å². The summed E-state index contributed by atoms with van der Waals surface area (Å²) in [6.07, 6.45) is 1.65. The molecule has 1 aromatic rings. The number of rotatable bonds is 6. The van der Waals surface area contributed by atoms with Gasteiger partial charge in [0, 0.05) is 0 Å². The molecule has 3 nitrogen and oxygen atoms in total. The summed E-state index contributed by atoms with van der Waals surface area (Å²) >= 11 is 3.14. The summed E-state index contributed by atoms with van der Waals surface area (Å²) in [5, 5.41) is 0. The Morgan fingerprint density at radius 2 is 2.06 bits per heavy atom. The summed E-state index contributed by atoms with van der Waals surface area (Å²) in [6, 6.07) is 9.86. The Hall–Kier alpha value is -1.13. The van der Waals surface area contributed by atoms with E-state index in [0.717, 1.165) is 5.56 Å². The van der Waals surface area contributed by atoms with Crippen LogP contribution in [0.3, 0.4) is 0 Å². The van der Waals surface area contributed by atoms with Gasteiger partial charge in [0.25, 0.3) is 0 Å². The molecule has 92 valence electrons. The molecule has 0 aliphatic carbocycles. The third kappa shape index (κ3) is 5.65. The van der Waals surface area contributed by atoms with E-state index in [0.29, 0.717) is 24.3 Å². The second kappa shape index (κ2) is 8.03. The lowest BCUT2D eigenvalue weighted by Gasteiger charge is -2.02. The molecule has 1 rings (SSSR count). The van der Waals surface area contributed by atoms with Crippen LogP contribution in [0.2, 0.25) is 0 Å². The molecule has 0 N–H and O–H groups in total. The van der Waals surface area contributed by atoms with Gasteiger partial charge < -0.3 is 9.47 Å². The number of esters is 1. The number of halogens is 1. The van der Waals surface area contributed by atoms with Crippen molar-refractivity contribution >= 4 is 21.9 Å². The van der Waals surface area contributed by atoms with E-state index in [1.54, 1.807) is 13.0 Å². The molecule has 1 aromatic carbocycles. The lowest BCUT2D eigenvalue weighted by atomic mass is 10.2. The molecule has 0 saturated heterocycles. The molecule has 0 unspecified atom stereocenters. The SMILES string of the molecule is CCOC(=O)/C(Br)=C/COCc1ccccc1. The fourth-order valence-corrected chi connectivity index (χ4v) is 1.41. The van der Waals surface area contributed by atoms with Crippen molar-refractivity contribution in [3.63, 3.8) is 0 Å². The van der Waals surface area contributed by atoms with E-state index in [2.05, 4.69) is 15.9 Å². The Labute approximate surface area is 110 Å². The minimum atomic E-state index is -0.365. The highest BCUT2D eigenvalue weighted by atomic mass is 79.9. The first-order chi connectivity index (χ1) is 8.24. The zero-order chi connectivity index (χ0) is 12.5. The van der Waals surface area contributed by atoms with E-state index < -0.39 is 0 Å². The zero-order valence-electron chi connectivity index (χ0n) is 9.69. The third-order valence-corrected chi connectivity index (χ3v) is 2.61. The van der Waals surface area contributed by atoms with Crippen molar-refractivity contribution < 1.29 is 14.3 Å². The van der Waals surface area contributed by atoms with E-state index >= 15 is 0 Å².